The van der Waals surface area contributed by atoms with Gasteiger partial charge in [0.25, 0.3) is 5.91 Å². The standard InChI is InChI=1S/C17H20N2O6/c1-19(8-15(21)18-13-6-7-13)16(22)10-25-17(23)11-24-14-5-3-2-4-12(14)9-20/h2-5,9,13H,6-8,10-11H2,1H3,(H,18,21). The maximum atomic E-state index is 11.8. The second kappa shape index (κ2) is 8.81. The summed E-state index contributed by atoms with van der Waals surface area (Å²) in [5.41, 5.74) is 0.313. The quantitative estimate of drug-likeness (QED) is 0.504. The van der Waals surface area contributed by atoms with E-state index < -0.39 is 25.1 Å². The monoisotopic (exact) mass is 348 g/mol. The summed E-state index contributed by atoms with van der Waals surface area (Å²) in [6, 6.07) is 6.66. The molecule has 1 aromatic carbocycles. The van der Waals surface area contributed by atoms with Gasteiger partial charge >= 0.3 is 5.97 Å². The third kappa shape index (κ3) is 6.25. The molecule has 0 spiro atoms. The maximum Gasteiger partial charge on any atom is 0.344 e. The molecule has 1 aliphatic rings. The number of hydrogen-bond acceptors (Lipinski definition) is 6. The number of rotatable bonds is 9. The number of nitrogens with one attached hydrogen (secondary N) is 1. The third-order valence-corrected chi connectivity index (χ3v) is 3.50. The van der Waals surface area contributed by atoms with Gasteiger partial charge in [-0.2, -0.15) is 0 Å². The molecule has 2 rings (SSSR count). The summed E-state index contributed by atoms with van der Waals surface area (Å²) in [4.78, 5) is 47.1. The number of para-hydroxylation sites is 1. The molecule has 1 aliphatic carbocycles. The van der Waals surface area contributed by atoms with Crippen molar-refractivity contribution < 1.29 is 28.7 Å². The summed E-state index contributed by atoms with van der Waals surface area (Å²) >= 11 is 0. The van der Waals surface area contributed by atoms with E-state index in [1.165, 1.54) is 11.9 Å². The van der Waals surface area contributed by atoms with Crippen LogP contribution in [0.3, 0.4) is 0 Å². The summed E-state index contributed by atoms with van der Waals surface area (Å²) in [5.74, 6) is -1.22. The molecule has 134 valence electrons. The molecule has 0 radical (unpaired) electrons. The second-order valence-electron chi connectivity index (χ2n) is 5.70. The van der Waals surface area contributed by atoms with Crippen molar-refractivity contribution in [2.45, 2.75) is 18.9 Å². The molecule has 0 unspecified atom stereocenters. The minimum atomic E-state index is -0.745. The zero-order chi connectivity index (χ0) is 18.2. The molecule has 0 aromatic heterocycles. The maximum absolute atomic E-state index is 11.8. The Balaban J connectivity index is 1.68. The third-order valence-electron chi connectivity index (χ3n) is 3.50. The van der Waals surface area contributed by atoms with E-state index >= 15 is 0 Å². The molecule has 0 aliphatic heterocycles. The molecule has 0 atom stereocenters. The molecule has 8 heteroatoms. The summed E-state index contributed by atoms with van der Waals surface area (Å²) < 4.78 is 10.0. The van der Waals surface area contributed by atoms with E-state index in [2.05, 4.69) is 5.32 Å². The average Bonchev–Trinajstić information content (AvgIpc) is 3.41. The molecule has 2 amide bonds. The molecule has 1 aromatic rings. The predicted molar refractivity (Wildman–Crippen MR) is 87.1 cm³/mol. The van der Waals surface area contributed by atoms with Crippen molar-refractivity contribution in [2.75, 3.05) is 26.8 Å². The van der Waals surface area contributed by atoms with E-state index in [9.17, 15) is 19.2 Å². The number of hydrogen-bond donors (Lipinski definition) is 1. The topological polar surface area (TPSA) is 102 Å². The van der Waals surface area contributed by atoms with Crippen LogP contribution in [0.1, 0.15) is 23.2 Å². The van der Waals surface area contributed by atoms with Crippen LogP contribution in [-0.4, -0.2) is 61.8 Å². The Hall–Kier alpha value is -2.90. The normalized spacial score (nSPS) is 12.8. The Kier molecular flexibility index (Phi) is 6.50. The van der Waals surface area contributed by atoms with E-state index in [0.717, 1.165) is 12.8 Å². The number of ether oxygens (including phenoxy) is 2. The van der Waals surface area contributed by atoms with Gasteiger partial charge in [0.05, 0.1) is 12.1 Å². The van der Waals surface area contributed by atoms with Crippen LogP contribution in [0, 0.1) is 0 Å². The number of benzene rings is 1. The molecule has 1 saturated carbocycles. The Labute approximate surface area is 145 Å². The Bertz CT molecular complexity index is 656. The SMILES string of the molecule is CN(CC(=O)NC1CC1)C(=O)COC(=O)COc1ccccc1C=O. The first kappa shape index (κ1) is 18.4. The number of carbonyl (C=O) groups excluding carboxylic acids is 4. The highest BCUT2D eigenvalue weighted by Crippen LogP contribution is 2.18. The Morgan fingerprint density at radius 1 is 1.24 bits per heavy atom. The van der Waals surface area contributed by atoms with Crippen molar-refractivity contribution in [3.63, 3.8) is 0 Å². The molecule has 0 saturated heterocycles. The molecular formula is C17H20N2O6. The van der Waals surface area contributed by atoms with Crippen LogP contribution in [-0.2, 0) is 19.1 Å². The number of carbonyl (C=O) groups is 4. The zero-order valence-corrected chi connectivity index (χ0v) is 13.9. The van der Waals surface area contributed by atoms with Crippen LogP contribution in [0.25, 0.3) is 0 Å². The van der Waals surface area contributed by atoms with Gasteiger partial charge in [0, 0.05) is 13.1 Å². The van der Waals surface area contributed by atoms with Gasteiger partial charge in [-0.25, -0.2) is 4.79 Å². The summed E-state index contributed by atoms with van der Waals surface area (Å²) in [5, 5.41) is 2.76. The fraction of sp³-hybridized carbons (Fsp3) is 0.412. The first-order valence-corrected chi connectivity index (χ1v) is 7.85. The van der Waals surface area contributed by atoms with Gasteiger partial charge in [0.15, 0.2) is 19.5 Å². The van der Waals surface area contributed by atoms with Gasteiger partial charge in [-0.3, -0.25) is 14.4 Å². The number of amides is 2. The van der Waals surface area contributed by atoms with E-state index in [4.69, 9.17) is 9.47 Å². The molecule has 8 nitrogen and oxygen atoms in total. The van der Waals surface area contributed by atoms with Crippen LogP contribution in [0.4, 0.5) is 0 Å². The van der Waals surface area contributed by atoms with Gasteiger partial charge < -0.3 is 19.7 Å². The lowest BCUT2D eigenvalue weighted by molar-refractivity contribution is -0.153. The van der Waals surface area contributed by atoms with E-state index in [-0.39, 0.29) is 24.2 Å². The van der Waals surface area contributed by atoms with Crippen LogP contribution < -0.4 is 10.1 Å². The van der Waals surface area contributed by atoms with Gasteiger partial charge in [0.1, 0.15) is 5.75 Å². The summed E-state index contributed by atoms with van der Waals surface area (Å²) in [7, 11) is 1.46. The van der Waals surface area contributed by atoms with Crippen LogP contribution in [0.2, 0.25) is 0 Å². The lowest BCUT2D eigenvalue weighted by Crippen LogP contribution is -2.40. The van der Waals surface area contributed by atoms with Crippen LogP contribution in [0.5, 0.6) is 5.75 Å². The number of esters is 1. The van der Waals surface area contributed by atoms with Gasteiger partial charge in [-0.15, -0.1) is 0 Å². The minimum absolute atomic E-state index is 0.0872. The van der Waals surface area contributed by atoms with Crippen molar-refractivity contribution in [2.24, 2.45) is 0 Å². The highest BCUT2D eigenvalue weighted by atomic mass is 16.6. The molecule has 1 fully saturated rings. The molecular weight excluding hydrogens is 328 g/mol. The largest absolute Gasteiger partial charge is 0.481 e. The minimum Gasteiger partial charge on any atom is -0.481 e. The average molecular weight is 348 g/mol. The lowest BCUT2D eigenvalue weighted by atomic mass is 10.2. The molecule has 1 N–H and O–H groups in total. The van der Waals surface area contributed by atoms with Crippen molar-refractivity contribution in [3.05, 3.63) is 29.8 Å². The number of nitrogens with zero attached hydrogens (tertiary/aromatic N) is 1. The van der Waals surface area contributed by atoms with Gasteiger partial charge in [-0.05, 0) is 25.0 Å². The highest BCUT2D eigenvalue weighted by Gasteiger charge is 2.24. The first-order valence-electron chi connectivity index (χ1n) is 7.85. The first-order chi connectivity index (χ1) is 12.0. The predicted octanol–water partition coefficient (Wildman–Crippen LogP) is 0.158. The summed E-state index contributed by atoms with van der Waals surface area (Å²) in [6.45, 7) is -0.995. The van der Waals surface area contributed by atoms with Gasteiger partial charge in [-0.1, -0.05) is 12.1 Å². The lowest BCUT2D eigenvalue weighted by Gasteiger charge is -2.16. The highest BCUT2D eigenvalue weighted by molar-refractivity contribution is 5.86. The van der Waals surface area contributed by atoms with E-state index in [1.807, 2.05) is 0 Å². The molecule has 0 bridgehead atoms. The smallest absolute Gasteiger partial charge is 0.344 e. The Morgan fingerprint density at radius 3 is 2.64 bits per heavy atom. The van der Waals surface area contributed by atoms with Crippen molar-refractivity contribution in [1.82, 2.24) is 10.2 Å². The fourth-order valence-electron chi connectivity index (χ4n) is 1.94. The summed E-state index contributed by atoms with van der Waals surface area (Å²) in [6.07, 6.45) is 2.55. The Morgan fingerprint density at radius 2 is 1.96 bits per heavy atom. The fourth-order valence-corrected chi connectivity index (χ4v) is 1.94. The second-order valence-corrected chi connectivity index (χ2v) is 5.70. The van der Waals surface area contributed by atoms with Crippen molar-refractivity contribution in [1.29, 1.82) is 0 Å². The number of likely N-dealkylation sites (N-methyl/N-ethyl adjacent to an activating group) is 1. The molecule has 0 heterocycles. The van der Waals surface area contributed by atoms with E-state index in [1.54, 1.807) is 24.3 Å². The van der Waals surface area contributed by atoms with E-state index in [0.29, 0.717) is 11.8 Å². The van der Waals surface area contributed by atoms with Gasteiger partial charge in [0.2, 0.25) is 5.91 Å². The van der Waals surface area contributed by atoms with Crippen LogP contribution in [0.15, 0.2) is 24.3 Å². The molecule has 25 heavy (non-hydrogen) atoms. The number of aldehydes is 1. The zero-order valence-electron chi connectivity index (χ0n) is 13.9. The van der Waals surface area contributed by atoms with Crippen molar-refractivity contribution >= 4 is 24.1 Å². The van der Waals surface area contributed by atoms with Crippen molar-refractivity contribution in [3.8, 4) is 5.75 Å². The van der Waals surface area contributed by atoms with Crippen LogP contribution >= 0.6 is 0 Å².